The molecule has 11 heteroatoms. The van der Waals surface area contributed by atoms with E-state index < -0.39 is 74.2 Å². The van der Waals surface area contributed by atoms with Crippen LogP contribution in [0.15, 0.2) is 12.2 Å². The summed E-state index contributed by atoms with van der Waals surface area (Å²) in [6.07, 6.45) is 35.5. The molecule has 1 heterocycles. The molecule has 9 atom stereocenters. The van der Waals surface area contributed by atoms with Gasteiger partial charge in [0, 0.05) is 0 Å². The lowest BCUT2D eigenvalue weighted by Crippen LogP contribution is -2.60. The van der Waals surface area contributed by atoms with Crippen LogP contribution in [0.25, 0.3) is 0 Å². The van der Waals surface area contributed by atoms with E-state index in [0.717, 1.165) is 38.5 Å². The first-order valence-corrected chi connectivity index (χ1v) is 26.6. The van der Waals surface area contributed by atoms with Gasteiger partial charge in [0.25, 0.3) is 0 Å². The molecular formula is C52H101NO10. The Morgan fingerprint density at radius 1 is 0.540 bits per heavy atom. The average molecular weight is 900 g/mol. The molecule has 9 unspecified atom stereocenters. The molecule has 0 aromatic carbocycles. The van der Waals surface area contributed by atoms with Crippen LogP contribution < -0.4 is 5.32 Å². The minimum Gasteiger partial charge on any atom is -0.394 e. The van der Waals surface area contributed by atoms with E-state index in [1.807, 2.05) is 0 Å². The highest BCUT2D eigenvalue weighted by molar-refractivity contribution is 5.80. The quantitative estimate of drug-likeness (QED) is 0.0216. The second kappa shape index (κ2) is 42.2. The van der Waals surface area contributed by atoms with Crippen molar-refractivity contribution >= 4 is 5.91 Å². The fourth-order valence-electron chi connectivity index (χ4n) is 8.68. The van der Waals surface area contributed by atoms with Crippen LogP contribution in [0.4, 0.5) is 0 Å². The van der Waals surface area contributed by atoms with Gasteiger partial charge in [0.15, 0.2) is 6.29 Å². The van der Waals surface area contributed by atoms with Gasteiger partial charge >= 0.3 is 0 Å². The van der Waals surface area contributed by atoms with E-state index in [9.17, 15) is 40.5 Å². The average Bonchev–Trinajstić information content (AvgIpc) is 3.28. The first-order valence-electron chi connectivity index (χ1n) is 26.6. The molecule has 1 rings (SSSR count). The number of hydrogen-bond acceptors (Lipinski definition) is 10. The van der Waals surface area contributed by atoms with Crippen molar-refractivity contribution in [2.45, 2.75) is 300 Å². The van der Waals surface area contributed by atoms with Crippen LogP contribution in [0.2, 0.25) is 0 Å². The van der Waals surface area contributed by atoms with Crippen LogP contribution in [-0.2, 0) is 14.3 Å². The third-order valence-corrected chi connectivity index (χ3v) is 13.1. The lowest BCUT2D eigenvalue weighted by atomic mass is 9.98. The molecule has 8 N–H and O–H groups in total. The monoisotopic (exact) mass is 900 g/mol. The summed E-state index contributed by atoms with van der Waals surface area (Å²) < 4.78 is 11.1. The smallest absolute Gasteiger partial charge is 0.249 e. The molecule has 63 heavy (non-hydrogen) atoms. The molecule has 1 aliphatic rings. The van der Waals surface area contributed by atoms with Crippen LogP contribution in [0, 0.1) is 0 Å². The molecule has 0 radical (unpaired) electrons. The molecule has 1 saturated heterocycles. The second-order valence-corrected chi connectivity index (χ2v) is 19.0. The van der Waals surface area contributed by atoms with Crippen molar-refractivity contribution in [1.82, 2.24) is 5.32 Å². The first-order chi connectivity index (χ1) is 30.7. The summed E-state index contributed by atoms with van der Waals surface area (Å²) in [6, 6.07) is -1.18. The van der Waals surface area contributed by atoms with E-state index in [4.69, 9.17) is 9.47 Å². The Labute approximate surface area is 385 Å². The largest absolute Gasteiger partial charge is 0.394 e. The van der Waals surface area contributed by atoms with Gasteiger partial charge in [-0.25, -0.2) is 0 Å². The number of amides is 1. The molecular weight excluding hydrogens is 799 g/mol. The molecule has 1 fully saturated rings. The highest BCUT2D eigenvalue weighted by Gasteiger charge is 2.44. The summed E-state index contributed by atoms with van der Waals surface area (Å²) in [6.45, 7) is 3.46. The summed E-state index contributed by atoms with van der Waals surface area (Å²) >= 11 is 0. The van der Waals surface area contributed by atoms with Gasteiger partial charge < -0.3 is 50.5 Å². The Balaban J connectivity index is 2.37. The van der Waals surface area contributed by atoms with Crippen molar-refractivity contribution in [1.29, 1.82) is 0 Å². The van der Waals surface area contributed by atoms with Crippen LogP contribution in [0.3, 0.4) is 0 Å². The third kappa shape index (κ3) is 31.5. The summed E-state index contributed by atoms with van der Waals surface area (Å²) in [5, 5.41) is 75.9. The minimum atomic E-state index is -1.66. The van der Waals surface area contributed by atoms with Gasteiger partial charge in [-0.1, -0.05) is 219 Å². The second-order valence-electron chi connectivity index (χ2n) is 19.0. The number of ether oxygens (including phenoxy) is 2. The lowest BCUT2D eigenvalue weighted by molar-refractivity contribution is -0.303. The zero-order valence-electron chi connectivity index (χ0n) is 40.6. The number of carbonyl (C=O) groups excluding carboxylic acids is 1. The Morgan fingerprint density at radius 2 is 0.937 bits per heavy atom. The zero-order valence-corrected chi connectivity index (χ0v) is 40.6. The molecule has 0 bridgehead atoms. The van der Waals surface area contributed by atoms with Crippen LogP contribution >= 0.6 is 0 Å². The van der Waals surface area contributed by atoms with Crippen LogP contribution in [0.5, 0.6) is 0 Å². The van der Waals surface area contributed by atoms with Gasteiger partial charge in [-0.2, -0.15) is 0 Å². The molecule has 1 aliphatic heterocycles. The number of hydrogen-bond donors (Lipinski definition) is 8. The molecule has 0 aliphatic carbocycles. The Morgan fingerprint density at radius 3 is 1.37 bits per heavy atom. The van der Waals surface area contributed by atoms with Crippen molar-refractivity contribution in [2.24, 2.45) is 0 Å². The Hall–Kier alpha value is -1.15. The first kappa shape index (κ1) is 59.9. The number of aliphatic hydroxyl groups excluding tert-OH is 7. The van der Waals surface area contributed by atoms with Gasteiger partial charge in [0.1, 0.15) is 36.6 Å². The number of nitrogens with one attached hydrogen (secondary N) is 1. The maximum atomic E-state index is 13.1. The SMILES string of the molecule is CCCCCCCCCCCCC/C=C/CCCC(O)C(O)C(COC1OC(CO)C(O)C(O)C1O)NC(=O)C(O)CCCCCCCCCCCCCCCCCCCCCC. The maximum absolute atomic E-state index is 13.1. The molecule has 0 saturated carbocycles. The maximum Gasteiger partial charge on any atom is 0.249 e. The van der Waals surface area contributed by atoms with E-state index in [0.29, 0.717) is 12.8 Å². The predicted octanol–water partition coefficient (Wildman–Crippen LogP) is 10.0. The normalized spacial score (nSPS) is 21.2. The minimum absolute atomic E-state index is 0.259. The van der Waals surface area contributed by atoms with E-state index in [1.54, 1.807) is 0 Å². The van der Waals surface area contributed by atoms with E-state index in [1.165, 1.54) is 167 Å². The van der Waals surface area contributed by atoms with E-state index in [-0.39, 0.29) is 12.8 Å². The standard InChI is InChI=1S/C52H101NO10/c1-3-5-7-9-11-13-15-17-19-21-22-23-24-26-28-30-32-34-36-38-40-45(56)51(61)53-43(42-62-52-50(60)49(59)48(58)46(41-54)63-52)47(57)44(55)39-37-35-33-31-29-27-25-20-18-16-14-12-10-8-6-4-2/h31,33,43-50,52,54-60H,3-30,32,34-42H2,1-2H3,(H,53,61)/b33-31+. The zero-order chi connectivity index (χ0) is 46.2. The summed E-state index contributed by atoms with van der Waals surface area (Å²) in [5.74, 6) is -0.702. The number of aliphatic hydroxyl groups is 7. The summed E-state index contributed by atoms with van der Waals surface area (Å²) in [5.41, 5.74) is 0. The number of allylic oxidation sites excluding steroid dienone is 2. The predicted molar refractivity (Wildman–Crippen MR) is 256 cm³/mol. The van der Waals surface area contributed by atoms with Crippen LogP contribution in [-0.4, -0.2) is 110 Å². The molecule has 11 nitrogen and oxygen atoms in total. The summed E-state index contributed by atoms with van der Waals surface area (Å²) in [4.78, 5) is 13.1. The molecule has 374 valence electrons. The van der Waals surface area contributed by atoms with Crippen molar-refractivity contribution in [3.05, 3.63) is 12.2 Å². The topological polar surface area (TPSA) is 189 Å². The van der Waals surface area contributed by atoms with Gasteiger partial charge in [-0.05, 0) is 38.5 Å². The summed E-state index contributed by atoms with van der Waals surface area (Å²) in [7, 11) is 0. The number of unbranched alkanes of at least 4 members (excludes halogenated alkanes) is 31. The van der Waals surface area contributed by atoms with Crippen molar-refractivity contribution in [3.63, 3.8) is 0 Å². The molecule has 1 amide bonds. The number of rotatable bonds is 45. The number of carbonyl (C=O) groups is 1. The van der Waals surface area contributed by atoms with Crippen molar-refractivity contribution in [2.75, 3.05) is 13.2 Å². The molecule has 0 spiro atoms. The Bertz CT molecular complexity index is 1030. The van der Waals surface area contributed by atoms with Crippen molar-refractivity contribution < 1.29 is 50.0 Å². The lowest BCUT2D eigenvalue weighted by Gasteiger charge is -2.40. The highest BCUT2D eigenvalue weighted by atomic mass is 16.7. The molecule has 0 aromatic rings. The Kier molecular flexibility index (Phi) is 40.1. The fourth-order valence-corrected chi connectivity index (χ4v) is 8.68. The van der Waals surface area contributed by atoms with E-state index in [2.05, 4.69) is 31.3 Å². The van der Waals surface area contributed by atoms with Gasteiger partial charge in [0.05, 0.1) is 25.4 Å². The van der Waals surface area contributed by atoms with Gasteiger partial charge in [-0.3, -0.25) is 4.79 Å². The van der Waals surface area contributed by atoms with Gasteiger partial charge in [-0.15, -0.1) is 0 Å². The van der Waals surface area contributed by atoms with E-state index >= 15 is 0 Å². The van der Waals surface area contributed by atoms with Gasteiger partial charge in [0.2, 0.25) is 5.91 Å². The van der Waals surface area contributed by atoms with Crippen molar-refractivity contribution in [3.8, 4) is 0 Å². The molecule has 0 aromatic heterocycles. The van der Waals surface area contributed by atoms with Crippen LogP contribution in [0.1, 0.15) is 245 Å². The third-order valence-electron chi connectivity index (χ3n) is 13.1. The highest BCUT2D eigenvalue weighted by Crippen LogP contribution is 2.23. The fraction of sp³-hybridized carbons (Fsp3) is 0.942.